The molecule has 4 aliphatic carbocycles. The normalized spacial score (nSPS) is 49.3. The zero-order valence-corrected chi connectivity index (χ0v) is 18.5. The van der Waals surface area contributed by atoms with Gasteiger partial charge in [-0.3, -0.25) is 0 Å². The van der Waals surface area contributed by atoms with Crippen LogP contribution in [0.25, 0.3) is 0 Å². The van der Waals surface area contributed by atoms with Crippen LogP contribution >= 0.6 is 9.47 Å². The highest BCUT2D eigenvalue weighted by molar-refractivity contribution is 7.09. The zero-order valence-electron chi connectivity index (χ0n) is 17.3. The Hall–Kier alpha value is -0.130. The lowest BCUT2D eigenvalue weighted by Gasteiger charge is -2.57. The van der Waals surface area contributed by atoms with Crippen molar-refractivity contribution in [1.82, 2.24) is 0 Å². The maximum Gasteiger partial charge on any atom is 0.0614 e. The minimum atomic E-state index is 0.455. The average molecular weight is 375 g/mol. The van der Waals surface area contributed by atoms with E-state index in [-0.39, 0.29) is 0 Å². The molecule has 1 nitrogen and oxygen atoms in total. The molecule has 146 valence electrons. The fourth-order valence-electron chi connectivity index (χ4n) is 7.95. The molecular formula is C24H39OP. The van der Waals surface area contributed by atoms with E-state index in [0.29, 0.717) is 16.9 Å². The molecular weight excluding hydrogens is 335 g/mol. The maximum absolute atomic E-state index is 5.66. The number of hydrogen-bond acceptors (Lipinski definition) is 1. The molecule has 2 heteroatoms. The van der Waals surface area contributed by atoms with Crippen LogP contribution in [0.1, 0.15) is 79.1 Å². The Bertz CT molecular complexity index is 595. The molecule has 4 rings (SSSR count). The summed E-state index contributed by atoms with van der Waals surface area (Å²) >= 11 is 0. The molecule has 0 radical (unpaired) electrons. The molecule has 0 aromatic carbocycles. The average Bonchev–Trinajstić information content (AvgIpc) is 2.98. The summed E-state index contributed by atoms with van der Waals surface area (Å²) in [6, 6.07) is 0. The lowest BCUT2D eigenvalue weighted by atomic mass is 9.48. The smallest absolute Gasteiger partial charge is 0.0614 e. The third kappa shape index (κ3) is 2.79. The molecule has 0 amide bonds. The minimum absolute atomic E-state index is 0.455. The number of fused-ring (bicyclic) bond motifs is 5. The largest absolute Gasteiger partial charge is 0.362 e. The van der Waals surface area contributed by atoms with E-state index in [2.05, 4.69) is 55.4 Å². The highest BCUT2D eigenvalue weighted by Gasteiger charge is 2.57. The number of hydrogen-bond donors (Lipinski definition) is 0. The SMILES string of the molecule is C/C=C/[C@@H](C)C1CC[C@H]2[C@@H]3CC[C@@H]4C[C@H](OP)CC[C@]4(C)C3=CC[C@]12C. The lowest BCUT2D eigenvalue weighted by molar-refractivity contribution is -0.00280. The predicted molar refractivity (Wildman–Crippen MR) is 114 cm³/mol. The summed E-state index contributed by atoms with van der Waals surface area (Å²) in [5.74, 6) is 4.23. The van der Waals surface area contributed by atoms with Gasteiger partial charge < -0.3 is 4.52 Å². The standard InChI is InChI=1S/C24H39OP/c1-5-6-16(2)20-9-10-21-19-8-7-17-15-18(25-26)11-13-23(17,3)22(19)12-14-24(20,21)4/h5-6,12,16-21H,7-11,13-15,26H2,1-4H3/b6-5+/t16-,17-,18-,19+,20?,21+,23+,24-/m1/s1. The Labute approximate surface area is 163 Å². The third-order valence-electron chi connectivity index (χ3n) is 9.37. The van der Waals surface area contributed by atoms with Crippen molar-refractivity contribution in [3.8, 4) is 0 Å². The van der Waals surface area contributed by atoms with E-state index in [9.17, 15) is 0 Å². The van der Waals surface area contributed by atoms with Crippen LogP contribution in [0.15, 0.2) is 23.8 Å². The molecule has 0 aromatic rings. The van der Waals surface area contributed by atoms with Crippen molar-refractivity contribution in [3.05, 3.63) is 23.8 Å². The molecule has 0 bridgehead atoms. The summed E-state index contributed by atoms with van der Waals surface area (Å²) in [4.78, 5) is 0. The van der Waals surface area contributed by atoms with Gasteiger partial charge in [0.2, 0.25) is 0 Å². The Morgan fingerprint density at radius 1 is 1.19 bits per heavy atom. The van der Waals surface area contributed by atoms with E-state index in [1.54, 1.807) is 0 Å². The van der Waals surface area contributed by atoms with Crippen LogP contribution in [0.2, 0.25) is 0 Å². The van der Waals surface area contributed by atoms with Crippen molar-refractivity contribution in [2.75, 3.05) is 0 Å². The van der Waals surface area contributed by atoms with Crippen LogP contribution in [0.4, 0.5) is 0 Å². The molecule has 0 saturated heterocycles. The molecule has 9 atom stereocenters. The zero-order chi connectivity index (χ0) is 18.5. The van der Waals surface area contributed by atoms with E-state index < -0.39 is 0 Å². The Balaban J connectivity index is 1.62. The molecule has 0 heterocycles. The van der Waals surface area contributed by atoms with Gasteiger partial charge in [-0.25, -0.2) is 0 Å². The van der Waals surface area contributed by atoms with E-state index in [1.165, 1.54) is 51.4 Å². The summed E-state index contributed by atoms with van der Waals surface area (Å²) in [6.07, 6.45) is 18.9. The van der Waals surface area contributed by atoms with Gasteiger partial charge in [0.1, 0.15) is 0 Å². The third-order valence-corrected chi connectivity index (χ3v) is 9.76. The molecule has 0 aliphatic heterocycles. The summed E-state index contributed by atoms with van der Waals surface area (Å²) < 4.78 is 5.66. The minimum Gasteiger partial charge on any atom is -0.362 e. The molecule has 2 unspecified atom stereocenters. The Morgan fingerprint density at radius 3 is 2.73 bits per heavy atom. The van der Waals surface area contributed by atoms with Gasteiger partial charge in [-0.2, -0.15) is 0 Å². The van der Waals surface area contributed by atoms with Gasteiger partial charge in [0.25, 0.3) is 0 Å². The quantitative estimate of drug-likeness (QED) is 0.383. The first-order valence-corrected chi connectivity index (χ1v) is 11.6. The molecule has 0 spiro atoms. The topological polar surface area (TPSA) is 9.23 Å². The highest BCUT2D eigenvalue weighted by Crippen LogP contribution is 2.66. The summed E-state index contributed by atoms with van der Waals surface area (Å²) in [5, 5.41) is 0. The van der Waals surface area contributed by atoms with Gasteiger partial charge in [0, 0.05) is 9.47 Å². The highest BCUT2D eigenvalue weighted by atomic mass is 31.0. The lowest BCUT2D eigenvalue weighted by Crippen LogP contribution is -2.48. The van der Waals surface area contributed by atoms with Crippen molar-refractivity contribution in [2.24, 2.45) is 40.4 Å². The van der Waals surface area contributed by atoms with Gasteiger partial charge in [-0.15, -0.1) is 0 Å². The monoisotopic (exact) mass is 374 g/mol. The second-order valence-electron chi connectivity index (χ2n) is 10.4. The van der Waals surface area contributed by atoms with Crippen LogP contribution in [0, 0.1) is 40.4 Å². The van der Waals surface area contributed by atoms with Crippen molar-refractivity contribution < 1.29 is 4.52 Å². The van der Waals surface area contributed by atoms with E-state index in [0.717, 1.165) is 29.6 Å². The van der Waals surface area contributed by atoms with E-state index in [4.69, 9.17) is 4.52 Å². The first kappa shape index (κ1) is 19.2. The molecule has 26 heavy (non-hydrogen) atoms. The van der Waals surface area contributed by atoms with Crippen molar-refractivity contribution in [3.63, 3.8) is 0 Å². The van der Waals surface area contributed by atoms with Crippen LogP contribution in [-0.2, 0) is 4.52 Å². The molecule has 0 aromatic heterocycles. The first-order chi connectivity index (χ1) is 12.4. The summed E-state index contributed by atoms with van der Waals surface area (Å²) in [7, 11) is 2.52. The summed E-state index contributed by atoms with van der Waals surface area (Å²) in [6.45, 7) is 9.88. The fourth-order valence-corrected chi connectivity index (χ4v) is 8.20. The van der Waals surface area contributed by atoms with Gasteiger partial charge in [-0.1, -0.05) is 44.6 Å². The molecule has 3 fully saturated rings. The van der Waals surface area contributed by atoms with Crippen molar-refractivity contribution in [1.29, 1.82) is 0 Å². The van der Waals surface area contributed by atoms with E-state index >= 15 is 0 Å². The first-order valence-electron chi connectivity index (χ1n) is 11.1. The second kappa shape index (κ2) is 7.04. The Kier molecular flexibility index (Phi) is 5.20. The Morgan fingerprint density at radius 2 is 2.00 bits per heavy atom. The summed E-state index contributed by atoms with van der Waals surface area (Å²) in [5.41, 5.74) is 2.85. The molecule has 0 N–H and O–H groups in total. The van der Waals surface area contributed by atoms with Gasteiger partial charge in [-0.05, 0) is 98.7 Å². The second-order valence-corrected chi connectivity index (χ2v) is 10.6. The van der Waals surface area contributed by atoms with Gasteiger partial charge in [0.15, 0.2) is 0 Å². The van der Waals surface area contributed by atoms with E-state index in [1.807, 2.05) is 5.57 Å². The van der Waals surface area contributed by atoms with Crippen molar-refractivity contribution >= 4 is 9.47 Å². The fraction of sp³-hybridized carbons (Fsp3) is 0.833. The molecule has 4 aliphatic rings. The van der Waals surface area contributed by atoms with Crippen LogP contribution in [-0.4, -0.2) is 6.10 Å². The van der Waals surface area contributed by atoms with Crippen LogP contribution < -0.4 is 0 Å². The van der Waals surface area contributed by atoms with Crippen molar-refractivity contribution in [2.45, 2.75) is 85.2 Å². The van der Waals surface area contributed by atoms with Gasteiger partial charge in [0.05, 0.1) is 6.10 Å². The van der Waals surface area contributed by atoms with Crippen LogP contribution in [0.3, 0.4) is 0 Å². The predicted octanol–water partition coefficient (Wildman–Crippen LogP) is 6.95. The number of allylic oxidation sites excluding steroid dienone is 4. The molecule has 3 saturated carbocycles. The van der Waals surface area contributed by atoms with Gasteiger partial charge >= 0.3 is 0 Å². The maximum atomic E-state index is 5.66. The number of rotatable bonds is 3. The van der Waals surface area contributed by atoms with Crippen LogP contribution in [0.5, 0.6) is 0 Å².